The van der Waals surface area contributed by atoms with Crippen LogP contribution in [0.5, 0.6) is 0 Å². The first-order valence-electron chi connectivity index (χ1n) is 4.72. The molecule has 0 aromatic carbocycles. The number of hydrogen-bond donors (Lipinski definition) is 2. The molecule has 0 radical (unpaired) electrons. The molecule has 0 aliphatic heterocycles. The summed E-state index contributed by atoms with van der Waals surface area (Å²) in [5.41, 5.74) is 5.29. The van der Waals surface area contributed by atoms with Gasteiger partial charge in [0.15, 0.2) is 9.84 Å². The van der Waals surface area contributed by atoms with Crippen LogP contribution < -0.4 is 11.1 Å². The van der Waals surface area contributed by atoms with Crippen molar-refractivity contribution >= 4 is 15.9 Å². The van der Waals surface area contributed by atoms with Crippen LogP contribution in [0.3, 0.4) is 0 Å². The Bertz CT molecular complexity index is 452. The Morgan fingerprint density at radius 2 is 2.06 bits per heavy atom. The lowest BCUT2D eigenvalue weighted by atomic mass is 10.2. The van der Waals surface area contributed by atoms with Crippen LogP contribution in [0.25, 0.3) is 0 Å². The van der Waals surface area contributed by atoms with E-state index in [-0.39, 0.29) is 19.1 Å². The van der Waals surface area contributed by atoms with Gasteiger partial charge in [0.2, 0.25) is 5.89 Å². The Morgan fingerprint density at radius 3 is 2.50 bits per heavy atom. The number of nitrogens with one attached hydrogen (secondary N) is 1. The summed E-state index contributed by atoms with van der Waals surface area (Å²) in [4.78, 5) is 0. The van der Waals surface area contributed by atoms with Crippen LogP contribution >= 0.6 is 0 Å². The standard InChI is InChI=1S/C8H16N4O3S/c1-8(2,16(3,13)14)5-10-7-12-11-6(4-9)15-7/h4-5,9H2,1-3H3,(H,10,12). The number of nitrogens with zero attached hydrogens (tertiary/aromatic N) is 2. The molecule has 0 aliphatic carbocycles. The van der Waals surface area contributed by atoms with Crippen LogP contribution in [0.15, 0.2) is 4.42 Å². The molecule has 1 heterocycles. The molecule has 0 atom stereocenters. The van der Waals surface area contributed by atoms with Crippen molar-refractivity contribution in [2.24, 2.45) is 5.73 Å². The Labute approximate surface area is 94.3 Å². The van der Waals surface area contributed by atoms with Crippen LogP contribution in [-0.4, -0.2) is 36.2 Å². The Kier molecular flexibility index (Phi) is 3.54. The van der Waals surface area contributed by atoms with Crippen molar-refractivity contribution in [1.29, 1.82) is 0 Å². The smallest absolute Gasteiger partial charge is 0.315 e. The second-order valence-corrected chi connectivity index (χ2v) is 6.74. The van der Waals surface area contributed by atoms with Gasteiger partial charge in [-0.1, -0.05) is 5.10 Å². The lowest BCUT2D eigenvalue weighted by molar-refractivity contribution is 0.502. The molecule has 92 valence electrons. The normalized spacial score (nSPS) is 12.8. The van der Waals surface area contributed by atoms with Gasteiger partial charge in [0.1, 0.15) is 0 Å². The predicted octanol–water partition coefficient (Wildman–Crippen LogP) is -0.237. The maximum atomic E-state index is 11.4. The zero-order valence-electron chi connectivity index (χ0n) is 9.52. The molecule has 0 unspecified atom stereocenters. The summed E-state index contributed by atoms with van der Waals surface area (Å²) in [6.07, 6.45) is 1.19. The van der Waals surface area contributed by atoms with E-state index in [1.165, 1.54) is 6.26 Å². The Balaban J connectivity index is 2.64. The number of hydrogen-bond acceptors (Lipinski definition) is 7. The molecule has 1 rings (SSSR count). The van der Waals surface area contributed by atoms with E-state index in [0.29, 0.717) is 5.89 Å². The van der Waals surface area contributed by atoms with E-state index in [4.69, 9.17) is 10.2 Å². The van der Waals surface area contributed by atoms with Gasteiger partial charge in [0.05, 0.1) is 11.3 Å². The van der Waals surface area contributed by atoms with Gasteiger partial charge in [0, 0.05) is 12.8 Å². The maximum absolute atomic E-state index is 11.4. The van der Waals surface area contributed by atoms with Crippen LogP contribution in [0, 0.1) is 0 Å². The summed E-state index contributed by atoms with van der Waals surface area (Å²) in [6.45, 7) is 3.59. The first-order valence-corrected chi connectivity index (χ1v) is 6.61. The lowest BCUT2D eigenvalue weighted by Crippen LogP contribution is -2.38. The fraction of sp³-hybridized carbons (Fsp3) is 0.750. The number of anilines is 1. The summed E-state index contributed by atoms with van der Waals surface area (Å²) in [5, 5.41) is 10.1. The highest BCUT2D eigenvalue weighted by Gasteiger charge is 2.30. The number of sulfone groups is 1. The van der Waals surface area contributed by atoms with Gasteiger partial charge in [-0.05, 0) is 13.8 Å². The third-order valence-corrected chi connectivity index (χ3v) is 4.46. The van der Waals surface area contributed by atoms with E-state index in [1.54, 1.807) is 13.8 Å². The second kappa shape index (κ2) is 4.38. The molecule has 0 bridgehead atoms. The van der Waals surface area contributed by atoms with Crippen LogP contribution in [0.1, 0.15) is 19.7 Å². The lowest BCUT2D eigenvalue weighted by Gasteiger charge is -2.21. The van der Waals surface area contributed by atoms with Crippen molar-refractivity contribution in [2.75, 3.05) is 18.1 Å². The maximum Gasteiger partial charge on any atom is 0.315 e. The molecule has 0 spiro atoms. The third-order valence-electron chi connectivity index (χ3n) is 2.31. The molecule has 0 saturated heterocycles. The van der Waals surface area contributed by atoms with Crippen molar-refractivity contribution in [3.63, 3.8) is 0 Å². The Morgan fingerprint density at radius 1 is 1.44 bits per heavy atom. The molecular weight excluding hydrogens is 232 g/mol. The molecular formula is C8H16N4O3S. The molecule has 3 N–H and O–H groups in total. The highest BCUT2D eigenvalue weighted by Crippen LogP contribution is 2.16. The van der Waals surface area contributed by atoms with Gasteiger partial charge < -0.3 is 15.5 Å². The summed E-state index contributed by atoms with van der Waals surface area (Å²) in [5.74, 6) is 0.305. The first-order chi connectivity index (χ1) is 7.26. The van der Waals surface area contributed by atoms with Crippen molar-refractivity contribution in [1.82, 2.24) is 10.2 Å². The zero-order valence-corrected chi connectivity index (χ0v) is 10.3. The van der Waals surface area contributed by atoms with E-state index < -0.39 is 14.6 Å². The Hall–Kier alpha value is -1.15. The molecule has 0 saturated carbocycles. The highest BCUT2D eigenvalue weighted by atomic mass is 32.2. The van der Waals surface area contributed by atoms with Gasteiger partial charge in [-0.15, -0.1) is 5.10 Å². The van der Waals surface area contributed by atoms with Crippen LogP contribution in [0.4, 0.5) is 6.01 Å². The minimum atomic E-state index is -3.15. The minimum Gasteiger partial charge on any atom is -0.407 e. The zero-order chi connectivity index (χ0) is 12.4. The fourth-order valence-corrected chi connectivity index (χ4v) is 1.16. The summed E-state index contributed by atoms with van der Waals surface area (Å²) < 4.78 is 27.0. The monoisotopic (exact) mass is 248 g/mol. The average Bonchev–Trinajstić information content (AvgIpc) is 2.60. The van der Waals surface area contributed by atoms with Crippen LogP contribution in [-0.2, 0) is 16.4 Å². The summed E-state index contributed by atoms with van der Waals surface area (Å²) in [6, 6.07) is 0.178. The van der Waals surface area contributed by atoms with Gasteiger partial charge >= 0.3 is 6.01 Å². The molecule has 0 aliphatic rings. The van der Waals surface area contributed by atoms with Gasteiger partial charge in [-0.2, -0.15) is 0 Å². The summed E-state index contributed by atoms with van der Waals surface area (Å²) in [7, 11) is -3.15. The third kappa shape index (κ3) is 2.92. The van der Waals surface area contributed by atoms with E-state index in [9.17, 15) is 8.42 Å². The topological polar surface area (TPSA) is 111 Å². The van der Waals surface area contributed by atoms with Gasteiger partial charge in [-0.25, -0.2) is 8.42 Å². The van der Waals surface area contributed by atoms with Crippen molar-refractivity contribution in [2.45, 2.75) is 25.1 Å². The number of rotatable bonds is 5. The van der Waals surface area contributed by atoms with Crippen molar-refractivity contribution < 1.29 is 12.8 Å². The van der Waals surface area contributed by atoms with Gasteiger partial charge in [0.25, 0.3) is 0 Å². The molecule has 7 nitrogen and oxygen atoms in total. The molecule has 8 heteroatoms. The molecule has 1 aromatic rings. The van der Waals surface area contributed by atoms with E-state index in [2.05, 4.69) is 15.5 Å². The SMILES string of the molecule is CC(C)(CNc1nnc(CN)o1)S(C)(=O)=O. The fourth-order valence-electron chi connectivity index (χ4n) is 0.827. The van der Waals surface area contributed by atoms with Gasteiger partial charge in [-0.3, -0.25) is 0 Å². The van der Waals surface area contributed by atoms with Crippen molar-refractivity contribution in [3.05, 3.63) is 5.89 Å². The van der Waals surface area contributed by atoms with E-state index in [0.717, 1.165) is 0 Å². The first kappa shape index (κ1) is 12.9. The quantitative estimate of drug-likeness (QED) is 0.739. The number of aromatic nitrogens is 2. The molecule has 16 heavy (non-hydrogen) atoms. The van der Waals surface area contributed by atoms with Crippen LogP contribution in [0.2, 0.25) is 0 Å². The minimum absolute atomic E-state index is 0.157. The predicted molar refractivity (Wildman–Crippen MR) is 59.6 cm³/mol. The molecule has 0 amide bonds. The second-order valence-electron chi connectivity index (χ2n) is 4.09. The average molecular weight is 248 g/mol. The molecule has 1 aromatic heterocycles. The largest absolute Gasteiger partial charge is 0.407 e. The van der Waals surface area contributed by atoms with E-state index in [1.807, 2.05) is 0 Å². The molecule has 0 fully saturated rings. The number of nitrogens with two attached hydrogens (primary N) is 1. The van der Waals surface area contributed by atoms with E-state index >= 15 is 0 Å². The van der Waals surface area contributed by atoms with Crippen molar-refractivity contribution in [3.8, 4) is 0 Å². The summed E-state index contributed by atoms with van der Waals surface area (Å²) >= 11 is 0. The highest BCUT2D eigenvalue weighted by molar-refractivity contribution is 7.92.